The van der Waals surface area contributed by atoms with Crippen molar-refractivity contribution >= 4 is 47.1 Å². The van der Waals surface area contributed by atoms with Crippen molar-refractivity contribution in [2.24, 2.45) is 0 Å². The number of fused-ring (bicyclic) bond motifs is 2. The summed E-state index contributed by atoms with van der Waals surface area (Å²) in [5.41, 5.74) is 12.7. The van der Waals surface area contributed by atoms with Crippen molar-refractivity contribution in [2.75, 3.05) is 103 Å². The van der Waals surface area contributed by atoms with Gasteiger partial charge in [-0.25, -0.2) is 19.9 Å². The van der Waals surface area contributed by atoms with Crippen LogP contribution in [-0.2, 0) is 38.8 Å². The first-order valence-corrected chi connectivity index (χ1v) is 25.8. The summed E-state index contributed by atoms with van der Waals surface area (Å²) in [6, 6.07) is 33.9. The van der Waals surface area contributed by atoms with E-state index in [1.165, 1.54) is 33.4 Å². The minimum Gasteiger partial charge on any atom is -0.337 e. The molecule has 4 aromatic heterocycles. The lowest BCUT2D eigenvalue weighted by molar-refractivity contribution is 0.313. The number of nitrogens with one attached hydrogen (secondary N) is 3. The maximum absolute atomic E-state index is 5.16. The molecule has 2 fully saturated rings. The maximum atomic E-state index is 5.16. The number of hydrogen-bond donors (Lipinski definition) is 3. The Kier molecular flexibility index (Phi) is 13.3. The zero-order chi connectivity index (χ0) is 49.8. The van der Waals surface area contributed by atoms with Crippen molar-refractivity contribution in [3.8, 4) is 11.6 Å². The number of rotatable bonds is 13. The Hall–Kier alpha value is -8.22. The third-order valence-electron chi connectivity index (χ3n) is 14.4. The molecule has 3 N–H and O–H groups in total. The molecule has 8 heterocycles. The lowest BCUT2D eigenvalue weighted by Gasteiger charge is -2.35. The first-order chi connectivity index (χ1) is 36.4. The molecule has 0 bridgehead atoms. The minimum absolute atomic E-state index is 0.342. The lowest BCUT2D eigenvalue weighted by Crippen LogP contribution is -2.48. The van der Waals surface area contributed by atoms with Gasteiger partial charge in [0.2, 0.25) is 47.3 Å². The lowest BCUT2D eigenvalue weighted by atomic mass is 9.99. The maximum Gasteiger partial charge on any atom is 0.232 e. The Labute approximate surface area is 431 Å². The van der Waals surface area contributed by atoms with Crippen LogP contribution >= 0.6 is 0 Å². The summed E-state index contributed by atoms with van der Waals surface area (Å²) in [7, 11) is 2.16. The topological polar surface area (TPSA) is 181 Å². The highest BCUT2D eigenvalue weighted by Crippen LogP contribution is 2.29. The fraction of sp³-hybridized carbons (Fsp3) is 0.321. The van der Waals surface area contributed by atoms with E-state index in [0.717, 1.165) is 86.0 Å². The Bertz CT molecular complexity index is 3230. The monoisotopic (exact) mass is 985 g/mol. The van der Waals surface area contributed by atoms with Gasteiger partial charge in [-0.15, -0.1) is 0 Å². The Morgan fingerprint density at radius 3 is 1.59 bits per heavy atom. The molecule has 74 heavy (non-hydrogen) atoms. The van der Waals surface area contributed by atoms with E-state index in [4.69, 9.17) is 49.8 Å². The molecule has 2 saturated heterocycles. The number of benzene rings is 4. The van der Waals surface area contributed by atoms with E-state index in [9.17, 15) is 0 Å². The summed E-state index contributed by atoms with van der Waals surface area (Å²) in [5.74, 6) is 4.01. The van der Waals surface area contributed by atoms with Gasteiger partial charge in [0.05, 0.1) is 0 Å². The van der Waals surface area contributed by atoms with Crippen LogP contribution in [0.2, 0.25) is 0 Å². The molecule has 4 aliphatic heterocycles. The van der Waals surface area contributed by atoms with Crippen molar-refractivity contribution in [1.29, 1.82) is 0 Å². The van der Waals surface area contributed by atoms with Gasteiger partial charge in [0.15, 0.2) is 0 Å². The zero-order valence-corrected chi connectivity index (χ0v) is 42.0. The second-order valence-electron chi connectivity index (χ2n) is 19.6. The molecular formula is C56H60N18. The number of hydrogen-bond acceptors (Lipinski definition) is 18. The summed E-state index contributed by atoms with van der Waals surface area (Å²) in [5, 5.41) is 10.6. The zero-order valence-electron chi connectivity index (χ0n) is 42.0. The van der Waals surface area contributed by atoms with Gasteiger partial charge in [0, 0.05) is 120 Å². The van der Waals surface area contributed by atoms with Crippen LogP contribution in [0.15, 0.2) is 116 Å². The summed E-state index contributed by atoms with van der Waals surface area (Å²) >= 11 is 0. The van der Waals surface area contributed by atoms with Crippen LogP contribution in [0.1, 0.15) is 50.2 Å². The average Bonchev–Trinajstić information content (AvgIpc) is 3.44. The molecule has 18 nitrogen and oxygen atoms in total. The van der Waals surface area contributed by atoms with Gasteiger partial charge in [-0.2, -0.15) is 29.9 Å². The van der Waals surface area contributed by atoms with Crippen LogP contribution in [0.25, 0.3) is 11.6 Å². The van der Waals surface area contributed by atoms with E-state index in [0.29, 0.717) is 93.7 Å². The SMILES string of the molecule is Cc1nc(N2CCN(c3nc(Nc4ccc5c(c4)CNCC5)nc(-c4nc(Nc5ccc6c(c5)CN(C)CC6)nc(N5CCN(c6ncc(Cc7ccccc7)cn6)CC5)n4)n3)CC2)ncc1Cc1ccccc1. The summed E-state index contributed by atoms with van der Waals surface area (Å²) in [6.07, 6.45) is 9.45. The van der Waals surface area contributed by atoms with E-state index >= 15 is 0 Å². The molecule has 12 rings (SSSR count). The van der Waals surface area contributed by atoms with Crippen molar-refractivity contribution in [1.82, 2.24) is 60.1 Å². The largest absolute Gasteiger partial charge is 0.337 e. The third-order valence-corrected chi connectivity index (χ3v) is 14.4. The summed E-state index contributed by atoms with van der Waals surface area (Å²) in [4.78, 5) is 61.2. The summed E-state index contributed by atoms with van der Waals surface area (Å²) in [6.45, 7) is 11.1. The van der Waals surface area contributed by atoms with Gasteiger partial charge in [-0.05, 0) is 102 Å². The smallest absolute Gasteiger partial charge is 0.232 e. The van der Waals surface area contributed by atoms with Crippen molar-refractivity contribution in [3.05, 3.63) is 166 Å². The quantitative estimate of drug-likeness (QED) is 0.113. The Morgan fingerprint density at radius 2 is 1.00 bits per heavy atom. The second kappa shape index (κ2) is 21.1. The first-order valence-electron chi connectivity index (χ1n) is 25.8. The standard InChI is InChI=1S/C56H60N18/c1-38-44(30-40-11-7-4-8-12-40)36-60-54(61-38)72-23-27-74(28-24-72)56-67-49(64-51(68-56)62-47-15-13-42-17-19-57-35-45(42)31-47)50-65-52(63-48-16-14-43-18-20-70(2)37-46(43)32-48)69-55(66-50)73-25-21-71(22-26-73)53-58-33-41(34-59-53)29-39-9-5-3-6-10-39/h3-16,31-34,36,57H,17-30,35,37H2,1-2H3,(H,62,64,67,68)(H,63,65,66,69). The number of aromatic nitrogens is 10. The van der Waals surface area contributed by atoms with Crippen LogP contribution in [0.5, 0.6) is 0 Å². The van der Waals surface area contributed by atoms with Gasteiger partial charge in [0.25, 0.3) is 0 Å². The second-order valence-corrected chi connectivity index (χ2v) is 19.6. The molecule has 0 saturated carbocycles. The van der Waals surface area contributed by atoms with Crippen LogP contribution in [-0.4, -0.2) is 127 Å². The molecule has 4 aliphatic rings. The van der Waals surface area contributed by atoms with Crippen molar-refractivity contribution < 1.29 is 0 Å². The van der Waals surface area contributed by atoms with Crippen LogP contribution in [0.4, 0.5) is 47.1 Å². The van der Waals surface area contributed by atoms with Crippen LogP contribution in [0.3, 0.4) is 0 Å². The number of likely N-dealkylation sites (N-methyl/N-ethyl adjacent to an activating group) is 1. The molecule has 0 unspecified atom stereocenters. The fourth-order valence-corrected chi connectivity index (χ4v) is 10.2. The van der Waals surface area contributed by atoms with Gasteiger partial charge >= 0.3 is 0 Å². The van der Waals surface area contributed by atoms with Gasteiger partial charge in [0.1, 0.15) is 0 Å². The Balaban J connectivity index is 0.838. The van der Waals surface area contributed by atoms with E-state index in [1.807, 2.05) is 30.7 Å². The summed E-state index contributed by atoms with van der Waals surface area (Å²) < 4.78 is 0. The molecule has 0 radical (unpaired) electrons. The molecule has 374 valence electrons. The number of anilines is 8. The highest BCUT2D eigenvalue weighted by atomic mass is 15.4. The normalized spacial score (nSPS) is 15.9. The van der Waals surface area contributed by atoms with Crippen molar-refractivity contribution in [2.45, 2.75) is 45.7 Å². The molecule has 18 heteroatoms. The predicted molar refractivity (Wildman–Crippen MR) is 290 cm³/mol. The highest BCUT2D eigenvalue weighted by Gasteiger charge is 2.27. The predicted octanol–water partition coefficient (Wildman–Crippen LogP) is 6.57. The van der Waals surface area contributed by atoms with Crippen LogP contribution in [0, 0.1) is 6.92 Å². The van der Waals surface area contributed by atoms with Gasteiger partial charge < -0.3 is 40.4 Å². The van der Waals surface area contributed by atoms with Gasteiger partial charge in [-0.3, -0.25) is 0 Å². The molecule has 0 aliphatic carbocycles. The van der Waals surface area contributed by atoms with Crippen LogP contribution < -0.4 is 35.6 Å². The molecule has 8 aromatic rings. The first kappa shape index (κ1) is 46.8. The van der Waals surface area contributed by atoms with E-state index in [-0.39, 0.29) is 0 Å². The Morgan fingerprint density at radius 1 is 0.473 bits per heavy atom. The van der Waals surface area contributed by atoms with E-state index in [2.05, 4.69) is 139 Å². The van der Waals surface area contributed by atoms with Crippen molar-refractivity contribution in [3.63, 3.8) is 0 Å². The number of piperazine rings is 2. The molecule has 0 atom stereocenters. The molecular weight excluding hydrogens is 925 g/mol. The fourth-order valence-electron chi connectivity index (χ4n) is 10.2. The number of aryl methyl sites for hydroxylation is 1. The molecule has 0 spiro atoms. The van der Waals surface area contributed by atoms with Gasteiger partial charge in [-0.1, -0.05) is 72.8 Å². The molecule has 4 aromatic carbocycles. The highest BCUT2D eigenvalue weighted by molar-refractivity contribution is 5.63. The number of nitrogens with zero attached hydrogens (tertiary/aromatic N) is 15. The molecule has 0 amide bonds. The third kappa shape index (κ3) is 10.8. The van der Waals surface area contributed by atoms with E-state index in [1.54, 1.807) is 0 Å². The minimum atomic E-state index is 0.342. The van der Waals surface area contributed by atoms with E-state index < -0.39 is 0 Å². The average molecular weight is 985 g/mol.